The van der Waals surface area contributed by atoms with Crippen LogP contribution >= 0.6 is 0 Å². The third-order valence-corrected chi connectivity index (χ3v) is 3.98. The van der Waals surface area contributed by atoms with Gasteiger partial charge in [-0.2, -0.15) is 0 Å². The van der Waals surface area contributed by atoms with Gasteiger partial charge in [0.15, 0.2) is 18.1 Å². The maximum absolute atomic E-state index is 14.4. The van der Waals surface area contributed by atoms with E-state index in [-0.39, 0.29) is 22.5 Å². The fourth-order valence-corrected chi connectivity index (χ4v) is 2.92. The Kier molecular flexibility index (Phi) is 2.00. The Morgan fingerprint density at radius 2 is 1.74 bits per heavy atom. The lowest BCUT2D eigenvalue weighted by Gasteiger charge is -2.13. The first kappa shape index (κ1) is 10.9. The zero-order chi connectivity index (χ0) is 13.1. The molecule has 0 N–H and O–H groups in total. The van der Waals surface area contributed by atoms with Crippen LogP contribution in [0.4, 0.5) is 8.78 Å². The molecule has 94 valence electrons. The van der Waals surface area contributed by atoms with Crippen LogP contribution in [0.15, 0.2) is 36.4 Å². The Morgan fingerprint density at radius 1 is 0.947 bits per heavy atom. The van der Waals surface area contributed by atoms with Gasteiger partial charge in [0.25, 0.3) is 0 Å². The van der Waals surface area contributed by atoms with E-state index in [9.17, 15) is 13.6 Å². The van der Waals surface area contributed by atoms with Crippen molar-refractivity contribution < 1.29 is 13.6 Å². The van der Waals surface area contributed by atoms with Crippen molar-refractivity contribution in [3.8, 4) is 0 Å². The number of fused-ring (bicyclic) bond motifs is 4. The maximum Gasteiger partial charge on any atom is 0.193 e. The van der Waals surface area contributed by atoms with Gasteiger partial charge in [-0.05, 0) is 17.5 Å². The Labute approximate surface area is 108 Å². The summed E-state index contributed by atoms with van der Waals surface area (Å²) in [5, 5.41) is 0. The van der Waals surface area contributed by atoms with Gasteiger partial charge in [-0.25, -0.2) is 8.78 Å². The van der Waals surface area contributed by atoms with E-state index in [0.717, 1.165) is 11.1 Å². The normalized spacial score (nSPS) is 23.2. The van der Waals surface area contributed by atoms with Gasteiger partial charge in [0, 0.05) is 22.3 Å². The molecule has 0 amide bonds. The third kappa shape index (κ3) is 1.35. The van der Waals surface area contributed by atoms with E-state index in [1.165, 1.54) is 6.07 Å². The topological polar surface area (TPSA) is 17.1 Å². The third-order valence-electron chi connectivity index (χ3n) is 3.98. The minimum absolute atomic E-state index is 0.158. The van der Waals surface area contributed by atoms with Crippen LogP contribution in [0.3, 0.4) is 0 Å². The number of alkyl halides is 2. The lowest BCUT2D eigenvalue weighted by molar-refractivity contribution is 0.103. The molecule has 0 saturated carbocycles. The molecule has 0 heterocycles. The van der Waals surface area contributed by atoms with Crippen LogP contribution in [0.1, 0.15) is 50.5 Å². The summed E-state index contributed by atoms with van der Waals surface area (Å²) in [5.41, 5.74) is 2.85. The predicted molar refractivity (Wildman–Crippen MR) is 66.8 cm³/mol. The maximum atomic E-state index is 14.4. The smallest absolute Gasteiger partial charge is 0.193 e. The summed E-state index contributed by atoms with van der Waals surface area (Å²) in [7, 11) is 0. The summed E-state index contributed by atoms with van der Waals surface area (Å²) in [5.74, 6) is -0.275. The van der Waals surface area contributed by atoms with E-state index in [2.05, 4.69) is 0 Å². The minimum atomic E-state index is -1.77. The van der Waals surface area contributed by atoms with Crippen molar-refractivity contribution in [1.82, 2.24) is 0 Å². The van der Waals surface area contributed by atoms with E-state index in [0.29, 0.717) is 12.0 Å². The van der Waals surface area contributed by atoms with Crippen molar-refractivity contribution in [1.29, 1.82) is 0 Å². The molecule has 3 heteroatoms. The van der Waals surface area contributed by atoms with Crippen molar-refractivity contribution in [2.75, 3.05) is 0 Å². The van der Waals surface area contributed by atoms with Crippen LogP contribution in [0, 0.1) is 0 Å². The van der Waals surface area contributed by atoms with Crippen LogP contribution < -0.4 is 0 Å². The molecule has 2 aliphatic carbocycles. The molecule has 0 bridgehead atoms. The molecule has 4 rings (SSSR count). The fourth-order valence-electron chi connectivity index (χ4n) is 2.92. The molecule has 2 aromatic rings. The van der Waals surface area contributed by atoms with Crippen molar-refractivity contribution in [3.63, 3.8) is 0 Å². The quantitative estimate of drug-likeness (QED) is 0.597. The summed E-state index contributed by atoms with van der Waals surface area (Å²) in [4.78, 5) is 12.5. The fraction of sp³-hybridized carbons (Fsp3) is 0.188. The molecule has 0 aliphatic heterocycles. The highest BCUT2D eigenvalue weighted by atomic mass is 19.2. The molecule has 2 aromatic carbocycles. The summed E-state index contributed by atoms with van der Waals surface area (Å²) in [6.45, 7) is 0. The molecular formula is C16H10F2O. The van der Waals surface area contributed by atoms with Gasteiger partial charge in [-0.15, -0.1) is 0 Å². The molecule has 0 aromatic heterocycles. The number of benzene rings is 2. The summed E-state index contributed by atoms with van der Waals surface area (Å²) < 4.78 is 28.8. The highest BCUT2D eigenvalue weighted by Gasteiger charge is 2.39. The van der Waals surface area contributed by atoms with E-state index in [1.807, 2.05) is 6.07 Å². The number of hydrogen-bond acceptors (Lipinski definition) is 1. The number of halogens is 2. The second kappa shape index (κ2) is 3.50. The zero-order valence-corrected chi connectivity index (χ0v) is 9.99. The summed E-state index contributed by atoms with van der Waals surface area (Å²) >= 11 is 0. The van der Waals surface area contributed by atoms with Gasteiger partial charge in [0.1, 0.15) is 0 Å². The molecule has 2 unspecified atom stereocenters. The molecule has 0 radical (unpaired) electrons. The Hall–Kier alpha value is -2.03. The standard InChI is InChI=1S/C16H10F2O/c17-14-9-3-1-2-4-10(9)16(19)11-6-5-8-7-12(8)13(11)15(14)18/h1-6,14-15H,7H2. The van der Waals surface area contributed by atoms with Crippen molar-refractivity contribution >= 4 is 5.78 Å². The predicted octanol–water partition coefficient (Wildman–Crippen LogP) is 3.86. The van der Waals surface area contributed by atoms with E-state index < -0.39 is 12.3 Å². The first-order valence-electron chi connectivity index (χ1n) is 6.25. The van der Waals surface area contributed by atoms with Crippen LogP contribution in [0.5, 0.6) is 0 Å². The van der Waals surface area contributed by atoms with Crippen LogP contribution in [-0.2, 0) is 6.42 Å². The van der Waals surface area contributed by atoms with Gasteiger partial charge in [-0.1, -0.05) is 36.4 Å². The SMILES string of the molecule is O=C1c2ccccc2C(F)C(F)c2c1ccc1c2C1. The molecule has 2 aliphatic rings. The lowest BCUT2D eigenvalue weighted by Crippen LogP contribution is -2.04. The Balaban J connectivity index is 2.04. The number of rotatable bonds is 0. The van der Waals surface area contributed by atoms with Crippen molar-refractivity contribution in [3.05, 3.63) is 69.8 Å². The first-order chi connectivity index (χ1) is 9.18. The first-order valence-corrected chi connectivity index (χ1v) is 6.25. The van der Waals surface area contributed by atoms with Gasteiger partial charge in [0.05, 0.1) is 0 Å². The highest BCUT2D eigenvalue weighted by molar-refractivity contribution is 6.12. The number of ketones is 1. The molecule has 0 fully saturated rings. The van der Waals surface area contributed by atoms with E-state index in [1.54, 1.807) is 24.3 Å². The van der Waals surface area contributed by atoms with Gasteiger partial charge in [-0.3, -0.25) is 4.79 Å². The average molecular weight is 256 g/mol. The number of carbonyl (C=O) groups excluding carboxylic acids is 1. The van der Waals surface area contributed by atoms with Gasteiger partial charge in [0.2, 0.25) is 0 Å². The van der Waals surface area contributed by atoms with Crippen LogP contribution in [-0.4, -0.2) is 5.78 Å². The highest BCUT2D eigenvalue weighted by Crippen LogP contribution is 2.48. The Bertz CT molecular complexity index is 721. The molecule has 0 spiro atoms. The molecule has 19 heavy (non-hydrogen) atoms. The molecule has 0 saturated heterocycles. The van der Waals surface area contributed by atoms with Crippen molar-refractivity contribution in [2.45, 2.75) is 18.8 Å². The molecule has 1 nitrogen and oxygen atoms in total. The second-order valence-corrected chi connectivity index (χ2v) is 5.06. The summed E-state index contributed by atoms with van der Waals surface area (Å²) in [6, 6.07) is 9.83. The van der Waals surface area contributed by atoms with Crippen LogP contribution in [0.2, 0.25) is 0 Å². The van der Waals surface area contributed by atoms with Gasteiger partial charge >= 0.3 is 0 Å². The molecule has 2 atom stereocenters. The lowest BCUT2D eigenvalue weighted by atomic mass is 9.99. The zero-order valence-electron chi connectivity index (χ0n) is 9.99. The van der Waals surface area contributed by atoms with E-state index in [4.69, 9.17) is 0 Å². The van der Waals surface area contributed by atoms with Crippen molar-refractivity contribution in [2.24, 2.45) is 0 Å². The number of carbonyl (C=O) groups is 1. The summed E-state index contributed by atoms with van der Waals surface area (Å²) in [6.07, 6.45) is -2.85. The van der Waals surface area contributed by atoms with Crippen LogP contribution in [0.25, 0.3) is 0 Å². The van der Waals surface area contributed by atoms with E-state index >= 15 is 0 Å². The minimum Gasteiger partial charge on any atom is -0.289 e. The average Bonchev–Trinajstić information content (AvgIpc) is 3.23. The van der Waals surface area contributed by atoms with Gasteiger partial charge < -0.3 is 0 Å². The monoisotopic (exact) mass is 256 g/mol. The largest absolute Gasteiger partial charge is 0.289 e. The Morgan fingerprint density at radius 3 is 2.58 bits per heavy atom. The molecular weight excluding hydrogens is 246 g/mol. The second-order valence-electron chi connectivity index (χ2n) is 5.06. The number of hydrogen-bond donors (Lipinski definition) is 0.